The van der Waals surface area contributed by atoms with Gasteiger partial charge in [0.1, 0.15) is 37.0 Å². The summed E-state index contributed by atoms with van der Waals surface area (Å²) in [4.78, 5) is 70.0. The number of phenolic OH excluding ortho intramolecular Hbond substituents is 4. The molecule has 2 spiro atoms. The van der Waals surface area contributed by atoms with E-state index in [0.717, 1.165) is 84.7 Å². The molecule has 0 aromatic heterocycles. The summed E-state index contributed by atoms with van der Waals surface area (Å²) in [5.41, 5.74) is 8.84. The number of fused-ring (bicyclic) bond motifs is 18. The van der Waals surface area contributed by atoms with Crippen LogP contribution in [0.5, 0.6) is 80.5 Å². The zero-order chi connectivity index (χ0) is 86.9. The number of methoxy groups -OCH3 is 4. The summed E-state index contributed by atoms with van der Waals surface area (Å²) in [6, 6.07) is 8.16. The van der Waals surface area contributed by atoms with Crippen LogP contribution in [0.4, 0.5) is 0 Å². The maximum absolute atomic E-state index is 14.9. The quantitative estimate of drug-likeness (QED) is 0.00954. The molecule has 6 aromatic rings. The van der Waals surface area contributed by atoms with Gasteiger partial charge in [-0.1, -0.05) is 77.3 Å². The average Bonchev–Trinajstić information content (AvgIpc) is 0.953. The molecule has 6 aromatic carbocycles. The second-order valence-corrected chi connectivity index (χ2v) is 35.8. The van der Waals surface area contributed by atoms with Crippen molar-refractivity contribution in [2.24, 2.45) is 0 Å². The summed E-state index contributed by atoms with van der Waals surface area (Å²) < 4.78 is 73.3. The van der Waals surface area contributed by atoms with Crippen molar-refractivity contribution in [3.8, 4) is 86.6 Å². The Morgan fingerprint density at radius 3 is 1.40 bits per heavy atom. The minimum Gasteiger partial charge on any atom is -0.504 e. The van der Waals surface area contributed by atoms with Gasteiger partial charge < -0.3 is 98.2 Å². The van der Waals surface area contributed by atoms with Crippen molar-refractivity contribution in [3.05, 3.63) is 136 Å². The maximum Gasteiger partial charge on any atom is 0.331 e. The molecule has 20 rings (SSSR count). The topological polar surface area (TPSA) is 422 Å². The summed E-state index contributed by atoms with van der Waals surface area (Å²) in [5.74, 6) is 2.39. The molecular weight excluding hydrogens is 1740 g/mol. The number of thioether (sulfide) groups is 2. The molecule has 0 saturated carbocycles. The number of ether oxygens (including phenoxy) is 12. The number of carbonyl (C=O) groups excluding carboxylic acids is 4. The minimum atomic E-state index is -1.50. The number of phenols is 4. The summed E-state index contributed by atoms with van der Waals surface area (Å²) >= 11 is 2.97. The van der Waals surface area contributed by atoms with Crippen LogP contribution in [0.15, 0.2) is 36.4 Å². The zero-order valence-electron chi connectivity index (χ0n) is 70.8. The van der Waals surface area contributed by atoms with E-state index in [1.165, 1.54) is 52.0 Å². The van der Waals surface area contributed by atoms with Crippen LogP contribution in [-0.2, 0) is 87.8 Å². The van der Waals surface area contributed by atoms with Crippen LogP contribution in [0.25, 0.3) is 0 Å². The van der Waals surface area contributed by atoms with Crippen molar-refractivity contribution in [2.75, 3.05) is 79.8 Å². The Balaban J connectivity index is 0.000000183. The Hall–Kier alpha value is -9.35. The van der Waals surface area contributed by atoms with Gasteiger partial charge in [0, 0.05) is 122 Å². The fourth-order valence-corrected chi connectivity index (χ4v) is 24.6. The number of hydrogen-bond acceptors (Lipinski definition) is 32. The van der Waals surface area contributed by atoms with Crippen molar-refractivity contribution in [3.63, 3.8) is 0 Å². The number of nitriles is 1. The van der Waals surface area contributed by atoms with Gasteiger partial charge in [-0.25, -0.2) is 9.59 Å². The number of aromatic hydroxyl groups is 4. The fraction of sp³-hybridized carbons (Fsp3) is 0.539. The van der Waals surface area contributed by atoms with Crippen LogP contribution in [0.1, 0.15) is 215 Å². The Kier molecular flexibility index (Phi) is 26.4. The van der Waals surface area contributed by atoms with Crippen molar-refractivity contribution in [1.29, 1.82) is 5.26 Å². The number of piperazine rings is 2. The zero-order valence-corrected chi connectivity index (χ0v) is 73.9. The molecule has 4 fully saturated rings. The van der Waals surface area contributed by atoms with E-state index in [2.05, 4.69) is 46.1 Å². The second kappa shape index (κ2) is 36.5. The van der Waals surface area contributed by atoms with Crippen molar-refractivity contribution in [1.82, 2.24) is 31.1 Å². The number of hydrogen-bond donors (Lipinski definition) is 10. The molecule has 0 aliphatic carbocycles. The number of aliphatic hydroxyl groups is 1. The molecule has 1 radical (unpaired) electrons. The summed E-state index contributed by atoms with van der Waals surface area (Å²) in [5, 5.41) is 96.3. The van der Waals surface area contributed by atoms with E-state index in [1.54, 1.807) is 24.3 Å². The third kappa shape index (κ3) is 15.3. The molecule has 14 heterocycles. The molecule has 14 atom stereocenters. The first kappa shape index (κ1) is 89.5. The van der Waals surface area contributed by atoms with Gasteiger partial charge in [-0.05, 0) is 135 Å². The number of nitrogens with one attached hydrogen (secondary N) is 4. The number of aryl methyl sites for hydroxylation is 2. The number of nitrogens with zero attached hydrogens (tertiary/aromatic N) is 4. The number of aliphatic hydroxyl groups excluding tert-OH is 1. The van der Waals surface area contributed by atoms with Crippen molar-refractivity contribution < 1.29 is 134 Å². The van der Waals surface area contributed by atoms with Crippen LogP contribution in [0.2, 0.25) is 0 Å². The number of carbonyl (C=O) groups is 4. The Morgan fingerprint density at radius 2 is 0.976 bits per heavy atom. The molecule has 14 aliphatic rings. The molecule has 2 unspecified atom stereocenters. The predicted octanol–water partition coefficient (Wildman–Crippen LogP) is 11.0. The standard InChI is InChI=1S/C45H52N4O10S.C44H53N3O11S.Ag.HNO3/c1-6-7-8-9-10-11-32(51)59-40-23(3)41-42(58-21-57-41)34-29-19-56-44(53)45(26-17-31(54-4)30(50)16-24(26)12-13-47-45)20-60-43(35(34)40)37-36-33-25(14-22(2)39(55-5)38(33)52)15-27(48-36)28(18-46)49(29)37;1-6-7-8-9-10-11-30(49)58-38-22(3)39-40(57-20-56-39)32-27-18-55-43(52)44(25-17-29(53-4)28(48)16-23(25)12-13-45-44)19-59-41(33(32)38)35-34-31-24(14-21(2)37(54-5)36(31)50)15-26(46-34)42(51)47(27)35;;2-1(3)4/h14,16-17,27-29,36-37,43,47-48,50,52H,6-13,15,19-21H2,1-5H3;14,16-17,26-27,34-35,41-42,45-46,48,50-51H,6-13,15,18-20H2,1-5H3;;(H,2,3,4)/t27-,28-,29-,36+,37?,43+,45+;26-,27-,34+,35?,41+,42-,44+;;/m00../s1. The number of benzene rings is 6. The van der Waals surface area contributed by atoms with E-state index in [4.69, 9.17) is 72.2 Å². The van der Waals surface area contributed by atoms with Gasteiger partial charge in [0.2, 0.25) is 13.6 Å². The van der Waals surface area contributed by atoms with Gasteiger partial charge in [-0.15, -0.1) is 33.6 Å². The number of unbranched alkanes of at least 4 members (excludes halogenated alkanes) is 8. The average molecular weight is 1840 g/mol. The summed E-state index contributed by atoms with van der Waals surface area (Å²) in [6.07, 6.45) is 11.1. The Labute approximate surface area is 741 Å². The molecule has 0 amide bonds. The predicted molar refractivity (Wildman–Crippen MR) is 447 cm³/mol. The monoisotopic (exact) mass is 1840 g/mol. The smallest absolute Gasteiger partial charge is 0.331 e. The van der Waals surface area contributed by atoms with Gasteiger partial charge in [0.05, 0.1) is 75.2 Å². The van der Waals surface area contributed by atoms with Gasteiger partial charge in [-0.3, -0.25) is 30.0 Å². The number of rotatable bonds is 18. The largest absolute Gasteiger partial charge is 0.504 e. The Morgan fingerprint density at radius 1 is 0.565 bits per heavy atom. The third-order valence-electron chi connectivity index (χ3n) is 26.6. The van der Waals surface area contributed by atoms with E-state index in [0.29, 0.717) is 153 Å². The molecule has 669 valence electrons. The van der Waals surface area contributed by atoms with Crippen LogP contribution in [-0.4, -0.2) is 186 Å². The normalized spacial score (nSPS) is 26.5. The first-order valence-corrected chi connectivity index (χ1v) is 44.4. The molecule has 10 N–H and O–H groups in total. The van der Waals surface area contributed by atoms with E-state index in [9.17, 15) is 50.0 Å². The van der Waals surface area contributed by atoms with Gasteiger partial charge in [0.15, 0.2) is 80.1 Å². The third-order valence-corrected chi connectivity index (χ3v) is 29.5. The molecule has 35 heteroatoms. The first-order chi connectivity index (χ1) is 59.3. The van der Waals surface area contributed by atoms with Gasteiger partial charge in [0.25, 0.3) is 5.09 Å². The molecule has 8 bridgehead atoms. The van der Waals surface area contributed by atoms with E-state index < -0.39 is 93.2 Å². The molecule has 14 aliphatic heterocycles. The van der Waals surface area contributed by atoms with Gasteiger partial charge >= 0.3 is 23.9 Å². The van der Waals surface area contributed by atoms with Crippen LogP contribution >= 0.6 is 23.5 Å². The van der Waals surface area contributed by atoms with Crippen LogP contribution in [0, 0.1) is 49.1 Å². The molecule has 4 saturated heterocycles. The molecule has 32 nitrogen and oxygen atoms in total. The molecular formula is C89H106AgN8O24S2. The summed E-state index contributed by atoms with van der Waals surface area (Å²) in [7, 11) is 6.02. The SMILES string of the molecule is CCCCCCCC(=O)Oc1c(C)c2c(c3c1[C@H]1SC[C@]4(NCCc5cc(O)c(OC)cc54)C(=O)OC[C@@H]3N3C1[C@@H]1N[C@@H](Cc4cc(C)c(OC)c(O)c41)[C@@H]3C#N)OCO2.CCCCCCCC(=O)Oc1c(C)c2c(c3c1[C@H]1SC[C@]4(NCCc5cc(O)c(OC)cc54)C(=O)OC[C@@H]3N3C1[C@@H]1N[C@@H](Cc4cc(C)c(OC)c(O)c41)[C@@H]3O)OCO2.O=[N+]([O-])O.[Ag]. The van der Waals surface area contributed by atoms with Gasteiger partial charge in [-0.2, -0.15) is 5.26 Å². The van der Waals surface area contributed by atoms with Crippen LogP contribution < -0.4 is 68.6 Å². The minimum absolute atomic E-state index is 0. The summed E-state index contributed by atoms with van der Waals surface area (Å²) in [6.45, 7) is 12.2. The Bertz CT molecular complexity index is 5250. The van der Waals surface area contributed by atoms with Crippen LogP contribution in [0.3, 0.4) is 0 Å². The first-order valence-electron chi connectivity index (χ1n) is 42.3. The fourth-order valence-electron chi connectivity index (χ4n) is 21.2. The maximum atomic E-state index is 14.9. The van der Waals surface area contributed by atoms with Crippen molar-refractivity contribution in [2.45, 2.75) is 226 Å². The van der Waals surface area contributed by atoms with E-state index >= 15 is 0 Å². The molecule has 124 heavy (non-hydrogen) atoms. The van der Waals surface area contributed by atoms with E-state index in [-0.39, 0.29) is 126 Å². The number of esters is 4. The van der Waals surface area contributed by atoms with E-state index in [1.807, 2.05) is 44.7 Å². The second-order valence-electron chi connectivity index (χ2n) is 33.5. The van der Waals surface area contributed by atoms with Crippen molar-refractivity contribution >= 4 is 47.4 Å².